The summed E-state index contributed by atoms with van der Waals surface area (Å²) in [5.41, 5.74) is 4.35. The van der Waals surface area contributed by atoms with E-state index in [1.165, 1.54) is 0 Å². The molecule has 0 rings (SSSR count). The number of rotatable bonds is 5. The number of aldehydes is 1. The molecule has 0 aliphatic rings. The van der Waals surface area contributed by atoms with Crippen molar-refractivity contribution in [1.82, 2.24) is 0 Å². The maximum absolute atomic E-state index is 10.7. The molecule has 1 unspecified atom stereocenters. The summed E-state index contributed by atoms with van der Waals surface area (Å²) >= 11 is 0. The fraction of sp³-hybridized carbons (Fsp3) is 0.750. The van der Waals surface area contributed by atoms with Crippen molar-refractivity contribution in [2.24, 2.45) is 11.7 Å². The Bertz CT molecular complexity index is 179. The molecule has 4 nitrogen and oxygen atoms in total. The lowest BCUT2D eigenvalue weighted by Gasteiger charge is -2.27. The van der Waals surface area contributed by atoms with E-state index in [4.69, 9.17) is 10.8 Å². The van der Waals surface area contributed by atoms with Gasteiger partial charge in [-0.1, -0.05) is 13.8 Å². The summed E-state index contributed by atoms with van der Waals surface area (Å²) in [6, 6.07) is 0. The molecule has 0 aliphatic carbocycles. The van der Waals surface area contributed by atoms with Crippen LogP contribution >= 0.6 is 0 Å². The van der Waals surface area contributed by atoms with E-state index in [9.17, 15) is 9.59 Å². The zero-order valence-corrected chi connectivity index (χ0v) is 7.41. The number of aliphatic carboxylic acids is 1. The van der Waals surface area contributed by atoms with Crippen molar-refractivity contribution in [3.8, 4) is 0 Å². The van der Waals surface area contributed by atoms with Crippen LogP contribution in [0.5, 0.6) is 0 Å². The number of hydrogen-bond donors (Lipinski definition) is 2. The normalized spacial score (nSPS) is 15.7. The molecule has 0 heterocycles. The molecule has 0 spiro atoms. The number of nitrogens with two attached hydrogens (primary N) is 1. The van der Waals surface area contributed by atoms with Crippen LogP contribution in [0.3, 0.4) is 0 Å². The van der Waals surface area contributed by atoms with E-state index in [0.29, 0.717) is 6.29 Å². The van der Waals surface area contributed by atoms with Crippen molar-refractivity contribution in [2.45, 2.75) is 32.2 Å². The standard InChI is InChI=1S/C8H15NO3/c1-6(2)8(9,7(11)12)4-3-5-10/h5-6H,3-4,9H2,1-2H3,(H,11,12). The van der Waals surface area contributed by atoms with Crippen molar-refractivity contribution >= 4 is 12.3 Å². The molecule has 0 amide bonds. The highest BCUT2D eigenvalue weighted by Crippen LogP contribution is 2.19. The van der Waals surface area contributed by atoms with Crippen LogP contribution < -0.4 is 5.73 Å². The highest BCUT2D eigenvalue weighted by atomic mass is 16.4. The van der Waals surface area contributed by atoms with Crippen LogP contribution in [-0.4, -0.2) is 22.9 Å². The number of carbonyl (C=O) groups excluding carboxylic acids is 1. The summed E-state index contributed by atoms with van der Waals surface area (Å²) in [6.07, 6.45) is 1.08. The third kappa shape index (κ3) is 2.30. The van der Waals surface area contributed by atoms with Gasteiger partial charge in [-0.05, 0) is 12.3 Å². The van der Waals surface area contributed by atoms with Gasteiger partial charge < -0.3 is 15.6 Å². The predicted molar refractivity (Wildman–Crippen MR) is 44.7 cm³/mol. The lowest BCUT2D eigenvalue weighted by Crippen LogP contribution is -2.52. The quantitative estimate of drug-likeness (QED) is 0.590. The van der Waals surface area contributed by atoms with Crippen molar-refractivity contribution in [1.29, 1.82) is 0 Å². The van der Waals surface area contributed by atoms with Gasteiger partial charge in [0.2, 0.25) is 0 Å². The van der Waals surface area contributed by atoms with E-state index in [0.717, 1.165) is 0 Å². The molecular formula is C8H15NO3. The van der Waals surface area contributed by atoms with Crippen LogP contribution in [0.1, 0.15) is 26.7 Å². The molecule has 70 valence electrons. The molecule has 1 atom stereocenters. The van der Waals surface area contributed by atoms with Gasteiger partial charge in [0.25, 0.3) is 0 Å². The van der Waals surface area contributed by atoms with E-state index in [1.807, 2.05) is 0 Å². The Morgan fingerprint density at radius 2 is 2.17 bits per heavy atom. The number of carbonyl (C=O) groups is 2. The minimum atomic E-state index is -1.26. The Morgan fingerprint density at radius 1 is 1.67 bits per heavy atom. The van der Waals surface area contributed by atoms with Crippen LogP contribution in [0.15, 0.2) is 0 Å². The highest BCUT2D eigenvalue weighted by Gasteiger charge is 2.36. The van der Waals surface area contributed by atoms with E-state index in [2.05, 4.69) is 0 Å². The Kier molecular flexibility index (Phi) is 3.89. The van der Waals surface area contributed by atoms with Crippen LogP contribution in [0.4, 0.5) is 0 Å². The van der Waals surface area contributed by atoms with Crippen molar-refractivity contribution in [2.75, 3.05) is 0 Å². The maximum atomic E-state index is 10.7. The minimum Gasteiger partial charge on any atom is -0.480 e. The Hall–Kier alpha value is -0.900. The molecule has 0 radical (unpaired) electrons. The molecule has 0 bridgehead atoms. The van der Waals surface area contributed by atoms with E-state index in [-0.39, 0.29) is 18.8 Å². The average Bonchev–Trinajstić information content (AvgIpc) is 1.99. The summed E-state index contributed by atoms with van der Waals surface area (Å²) in [5, 5.41) is 8.79. The topological polar surface area (TPSA) is 80.4 Å². The summed E-state index contributed by atoms with van der Waals surface area (Å²) in [6.45, 7) is 3.47. The molecule has 0 aromatic rings. The Labute approximate surface area is 71.8 Å². The first kappa shape index (κ1) is 11.1. The SMILES string of the molecule is CC(C)C(N)(CCC=O)C(=O)O. The third-order valence-corrected chi connectivity index (χ3v) is 2.10. The fourth-order valence-corrected chi connectivity index (χ4v) is 0.940. The van der Waals surface area contributed by atoms with E-state index < -0.39 is 11.5 Å². The van der Waals surface area contributed by atoms with Gasteiger partial charge in [0.15, 0.2) is 0 Å². The van der Waals surface area contributed by atoms with Gasteiger partial charge in [-0.3, -0.25) is 4.79 Å². The summed E-state index contributed by atoms with van der Waals surface area (Å²) in [4.78, 5) is 20.8. The summed E-state index contributed by atoms with van der Waals surface area (Å²) in [5.74, 6) is -1.21. The second kappa shape index (κ2) is 4.21. The molecule has 0 saturated carbocycles. The predicted octanol–water partition coefficient (Wildman–Crippen LogP) is 0.404. The first-order valence-corrected chi connectivity index (χ1v) is 3.91. The van der Waals surface area contributed by atoms with E-state index >= 15 is 0 Å². The molecule has 12 heavy (non-hydrogen) atoms. The Balaban J connectivity index is 4.39. The monoisotopic (exact) mass is 173 g/mol. The smallest absolute Gasteiger partial charge is 0.323 e. The minimum absolute atomic E-state index is 0.171. The van der Waals surface area contributed by atoms with Crippen LogP contribution in [0.25, 0.3) is 0 Å². The molecule has 0 saturated heterocycles. The van der Waals surface area contributed by atoms with Crippen LogP contribution in [-0.2, 0) is 9.59 Å². The molecule has 4 heteroatoms. The first-order chi connectivity index (χ1) is 5.45. The van der Waals surface area contributed by atoms with Gasteiger partial charge >= 0.3 is 5.97 Å². The molecular weight excluding hydrogens is 158 g/mol. The molecule has 0 aromatic heterocycles. The number of hydrogen-bond acceptors (Lipinski definition) is 3. The molecule has 0 fully saturated rings. The van der Waals surface area contributed by atoms with Crippen LogP contribution in [0, 0.1) is 5.92 Å². The van der Waals surface area contributed by atoms with Crippen molar-refractivity contribution in [3.05, 3.63) is 0 Å². The number of carboxylic acid groups (broad SMARTS) is 1. The molecule has 0 aliphatic heterocycles. The summed E-state index contributed by atoms with van der Waals surface area (Å²) < 4.78 is 0. The van der Waals surface area contributed by atoms with Crippen LogP contribution in [0.2, 0.25) is 0 Å². The van der Waals surface area contributed by atoms with Crippen molar-refractivity contribution < 1.29 is 14.7 Å². The van der Waals surface area contributed by atoms with Gasteiger partial charge in [0.05, 0.1) is 0 Å². The Morgan fingerprint density at radius 3 is 2.42 bits per heavy atom. The highest BCUT2D eigenvalue weighted by molar-refractivity contribution is 5.79. The van der Waals surface area contributed by atoms with Gasteiger partial charge in [-0.2, -0.15) is 0 Å². The fourth-order valence-electron chi connectivity index (χ4n) is 0.940. The zero-order chi connectivity index (χ0) is 9.78. The average molecular weight is 173 g/mol. The first-order valence-electron chi connectivity index (χ1n) is 3.91. The second-order valence-corrected chi connectivity index (χ2v) is 3.21. The van der Waals surface area contributed by atoms with Gasteiger partial charge in [-0.15, -0.1) is 0 Å². The molecule has 0 aromatic carbocycles. The summed E-state index contributed by atoms with van der Waals surface area (Å²) in [7, 11) is 0. The van der Waals surface area contributed by atoms with Gasteiger partial charge in [-0.25, -0.2) is 0 Å². The van der Waals surface area contributed by atoms with Crippen molar-refractivity contribution in [3.63, 3.8) is 0 Å². The third-order valence-electron chi connectivity index (χ3n) is 2.10. The molecule has 3 N–H and O–H groups in total. The zero-order valence-electron chi connectivity index (χ0n) is 7.41. The number of carboxylic acids is 1. The lowest BCUT2D eigenvalue weighted by atomic mass is 9.83. The lowest BCUT2D eigenvalue weighted by molar-refractivity contribution is -0.145. The largest absolute Gasteiger partial charge is 0.480 e. The maximum Gasteiger partial charge on any atom is 0.323 e. The van der Waals surface area contributed by atoms with Gasteiger partial charge in [0, 0.05) is 6.42 Å². The second-order valence-electron chi connectivity index (χ2n) is 3.21. The van der Waals surface area contributed by atoms with Gasteiger partial charge in [0.1, 0.15) is 11.8 Å². The van der Waals surface area contributed by atoms with E-state index in [1.54, 1.807) is 13.8 Å².